The Bertz CT molecular complexity index is 555. The molecule has 1 aliphatic rings. The highest BCUT2D eigenvalue weighted by Crippen LogP contribution is 2.12. The van der Waals surface area contributed by atoms with Gasteiger partial charge in [-0.1, -0.05) is 0 Å². The smallest absolute Gasteiger partial charge is 0.151 e. The largest absolute Gasteiger partial charge is 0.303 e. The van der Waals surface area contributed by atoms with Crippen LogP contribution in [0.1, 0.15) is 29.0 Å². The third-order valence-corrected chi connectivity index (χ3v) is 3.61. The number of likely N-dealkylation sites (tertiary alicyclic amines) is 1. The van der Waals surface area contributed by atoms with E-state index < -0.39 is 0 Å². The van der Waals surface area contributed by atoms with Gasteiger partial charge in [0.2, 0.25) is 0 Å². The molecule has 0 unspecified atom stereocenters. The number of aromatic nitrogens is 2. The Balaban J connectivity index is 1.80. The second-order valence-corrected chi connectivity index (χ2v) is 4.85. The van der Waals surface area contributed by atoms with Crippen LogP contribution in [0.2, 0.25) is 0 Å². The summed E-state index contributed by atoms with van der Waals surface area (Å²) in [6, 6.07) is 3.77. The van der Waals surface area contributed by atoms with Gasteiger partial charge in [-0.05, 0) is 38.1 Å². The minimum atomic E-state index is 0.697. The second-order valence-electron chi connectivity index (χ2n) is 4.85. The van der Waals surface area contributed by atoms with Crippen LogP contribution in [0.4, 0.5) is 0 Å². The Hall–Kier alpha value is -1.68. The van der Waals surface area contributed by atoms with Gasteiger partial charge in [0.15, 0.2) is 6.29 Å². The van der Waals surface area contributed by atoms with Crippen molar-refractivity contribution < 1.29 is 4.79 Å². The molecule has 0 saturated carbocycles. The van der Waals surface area contributed by atoms with E-state index in [0.717, 1.165) is 30.6 Å². The molecule has 1 saturated heterocycles. The maximum Gasteiger partial charge on any atom is 0.151 e. The molecule has 0 amide bonds. The Morgan fingerprint density at radius 2 is 2.11 bits per heavy atom. The zero-order valence-electron chi connectivity index (χ0n) is 10.4. The third-order valence-electron chi connectivity index (χ3n) is 3.61. The van der Waals surface area contributed by atoms with Crippen LogP contribution in [-0.2, 0) is 6.42 Å². The summed E-state index contributed by atoms with van der Waals surface area (Å²) in [5, 5.41) is 0. The molecule has 0 N–H and O–H groups in total. The first-order valence-electron chi connectivity index (χ1n) is 6.50. The number of rotatable bonds is 4. The van der Waals surface area contributed by atoms with Gasteiger partial charge in [-0.3, -0.25) is 4.79 Å². The SMILES string of the molecule is O=Cc1ccc2cnc(CCN3CCCC3)n2c1. The highest BCUT2D eigenvalue weighted by atomic mass is 16.1. The predicted octanol–water partition coefficient (Wildman–Crippen LogP) is 1.79. The summed E-state index contributed by atoms with van der Waals surface area (Å²) in [6.45, 7) is 3.48. The third kappa shape index (κ3) is 2.16. The molecule has 3 heterocycles. The molecule has 1 aliphatic heterocycles. The van der Waals surface area contributed by atoms with Crippen LogP contribution in [0.3, 0.4) is 0 Å². The van der Waals surface area contributed by atoms with Crippen molar-refractivity contribution >= 4 is 11.8 Å². The number of hydrogen-bond acceptors (Lipinski definition) is 3. The average molecular weight is 243 g/mol. The van der Waals surface area contributed by atoms with Crippen molar-refractivity contribution in [1.29, 1.82) is 0 Å². The van der Waals surface area contributed by atoms with E-state index in [1.165, 1.54) is 25.9 Å². The van der Waals surface area contributed by atoms with E-state index in [-0.39, 0.29) is 0 Å². The number of carbonyl (C=O) groups excluding carboxylic acids is 1. The normalized spacial score (nSPS) is 16.4. The number of imidazole rings is 1. The first kappa shape index (κ1) is 11.4. The lowest BCUT2D eigenvalue weighted by Crippen LogP contribution is -2.22. The minimum absolute atomic E-state index is 0.697. The summed E-state index contributed by atoms with van der Waals surface area (Å²) in [5.41, 5.74) is 1.75. The number of hydrogen-bond donors (Lipinski definition) is 0. The van der Waals surface area contributed by atoms with E-state index in [0.29, 0.717) is 5.56 Å². The molecular weight excluding hydrogens is 226 g/mol. The van der Waals surface area contributed by atoms with E-state index in [9.17, 15) is 4.79 Å². The summed E-state index contributed by atoms with van der Waals surface area (Å²) >= 11 is 0. The van der Waals surface area contributed by atoms with Crippen molar-refractivity contribution in [3.63, 3.8) is 0 Å². The van der Waals surface area contributed by atoms with Crippen molar-refractivity contribution in [2.45, 2.75) is 19.3 Å². The van der Waals surface area contributed by atoms with Crippen LogP contribution < -0.4 is 0 Å². The van der Waals surface area contributed by atoms with E-state index in [2.05, 4.69) is 9.88 Å². The highest BCUT2D eigenvalue weighted by Gasteiger charge is 2.12. The summed E-state index contributed by atoms with van der Waals surface area (Å²) in [6.07, 6.45) is 8.19. The van der Waals surface area contributed by atoms with Crippen LogP contribution in [-0.4, -0.2) is 40.2 Å². The van der Waals surface area contributed by atoms with Crippen molar-refractivity contribution in [3.05, 3.63) is 35.9 Å². The molecule has 2 aromatic rings. The fourth-order valence-corrected chi connectivity index (χ4v) is 2.58. The van der Waals surface area contributed by atoms with E-state index in [4.69, 9.17) is 0 Å². The summed E-state index contributed by atoms with van der Waals surface area (Å²) < 4.78 is 2.03. The van der Waals surface area contributed by atoms with Gasteiger partial charge in [0, 0.05) is 24.7 Å². The lowest BCUT2D eigenvalue weighted by atomic mass is 10.3. The van der Waals surface area contributed by atoms with Crippen LogP contribution in [0, 0.1) is 0 Å². The molecular formula is C14H17N3O. The molecule has 1 fully saturated rings. The molecule has 18 heavy (non-hydrogen) atoms. The minimum Gasteiger partial charge on any atom is -0.303 e. The van der Waals surface area contributed by atoms with Gasteiger partial charge in [0.1, 0.15) is 5.82 Å². The number of pyridine rings is 1. The molecule has 3 rings (SSSR count). The fraction of sp³-hybridized carbons (Fsp3) is 0.429. The van der Waals surface area contributed by atoms with Crippen LogP contribution in [0.25, 0.3) is 5.52 Å². The van der Waals surface area contributed by atoms with Crippen molar-refractivity contribution in [3.8, 4) is 0 Å². The van der Waals surface area contributed by atoms with E-state index in [1.807, 2.05) is 28.9 Å². The number of carbonyl (C=O) groups is 1. The molecule has 4 heteroatoms. The first-order valence-corrected chi connectivity index (χ1v) is 6.50. The molecule has 4 nitrogen and oxygen atoms in total. The molecule has 0 radical (unpaired) electrons. The quantitative estimate of drug-likeness (QED) is 0.768. The van der Waals surface area contributed by atoms with Crippen molar-refractivity contribution in [2.24, 2.45) is 0 Å². The monoisotopic (exact) mass is 243 g/mol. The van der Waals surface area contributed by atoms with Gasteiger partial charge in [0.05, 0.1) is 11.7 Å². The lowest BCUT2D eigenvalue weighted by Gasteiger charge is -2.13. The summed E-state index contributed by atoms with van der Waals surface area (Å²) in [4.78, 5) is 17.7. The van der Waals surface area contributed by atoms with Crippen LogP contribution >= 0.6 is 0 Å². The van der Waals surface area contributed by atoms with Gasteiger partial charge in [-0.2, -0.15) is 0 Å². The molecule has 94 valence electrons. The summed E-state index contributed by atoms with van der Waals surface area (Å²) in [7, 11) is 0. The van der Waals surface area contributed by atoms with Gasteiger partial charge >= 0.3 is 0 Å². The van der Waals surface area contributed by atoms with E-state index >= 15 is 0 Å². The number of nitrogens with zero attached hydrogens (tertiary/aromatic N) is 3. The summed E-state index contributed by atoms with van der Waals surface area (Å²) in [5.74, 6) is 1.04. The molecule has 0 bridgehead atoms. The van der Waals surface area contributed by atoms with Gasteiger partial charge in [-0.15, -0.1) is 0 Å². The molecule has 0 aromatic carbocycles. The number of fused-ring (bicyclic) bond motifs is 1. The maximum absolute atomic E-state index is 10.8. The molecule has 0 aliphatic carbocycles. The Labute approximate surface area is 106 Å². The van der Waals surface area contributed by atoms with Crippen molar-refractivity contribution in [2.75, 3.05) is 19.6 Å². The lowest BCUT2D eigenvalue weighted by molar-refractivity contribution is 0.112. The van der Waals surface area contributed by atoms with Crippen molar-refractivity contribution in [1.82, 2.24) is 14.3 Å². The first-order chi connectivity index (χ1) is 8.86. The van der Waals surface area contributed by atoms with Gasteiger partial charge in [-0.25, -0.2) is 4.98 Å². The Morgan fingerprint density at radius 1 is 1.28 bits per heavy atom. The molecule has 2 aromatic heterocycles. The Morgan fingerprint density at radius 3 is 2.89 bits per heavy atom. The van der Waals surface area contributed by atoms with Gasteiger partial charge < -0.3 is 9.30 Å². The zero-order valence-corrected chi connectivity index (χ0v) is 10.4. The standard InChI is InChI=1S/C14H17N3O/c18-11-12-3-4-13-9-15-14(17(13)10-12)5-8-16-6-1-2-7-16/h3-4,9-11H,1-2,5-8H2. The zero-order chi connectivity index (χ0) is 12.4. The Kier molecular flexibility index (Phi) is 3.11. The topological polar surface area (TPSA) is 37.6 Å². The van der Waals surface area contributed by atoms with E-state index in [1.54, 1.807) is 0 Å². The fourth-order valence-electron chi connectivity index (χ4n) is 2.58. The average Bonchev–Trinajstić information content (AvgIpc) is 3.05. The number of aldehydes is 1. The highest BCUT2D eigenvalue weighted by molar-refractivity contribution is 5.75. The van der Waals surface area contributed by atoms with Crippen LogP contribution in [0.5, 0.6) is 0 Å². The van der Waals surface area contributed by atoms with Gasteiger partial charge in [0.25, 0.3) is 0 Å². The molecule has 0 spiro atoms. The second kappa shape index (κ2) is 4.90. The maximum atomic E-state index is 10.8. The predicted molar refractivity (Wildman–Crippen MR) is 70.0 cm³/mol. The molecule has 0 atom stereocenters. The van der Waals surface area contributed by atoms with Crippen LogP contribution in [0.15, 0.2) is 24.5 Å².